The average molecular weight is 556 g/mol. The van der Waals surface area contributed by atoms with Crippen LogP contribution in [0.15, 0.2) is 78.9 Å². The molecule has 0 saturated carbocycles. The lowest BCUT2D eigenvalue weighted by Crippen LogP contribution is -2.41. The van der Waals surface area contributed by atoms with Crippen molar-refractivity contribution in [2.24, 2.45) is 5.92 Å². The van der Waals surface area contributed by atoms with E-state index < -0.39 is 12.1 Å². The average Bonchev–Trinajstić information content (AvgIpc) is 2.93. The minimum absolute atomic E-state index is 0.594. The van der Waals surface area contributed by atoms with Gasteiger partial charge in [0.2, 0.25) is 0 Å². The van der Waals surface area contributed by atoms with Crippen molar-refractivity contribution in [3.63, 3.8) is 0 Å². The predicted molar refractivity (Wildman–Crippen MR) is 154 cm³/mol. The molecular weight excluding hydrogens is 515 g/mol. The quantitative estimate of drug-likeness (QED) is 0.267. The maximum Gasteiger partial charge on any atom is 0.490 e. The van der Waals surface area contributed by atoms with Crippen molar-refractivity contribution < 1.29 is 23.1 Å². The molecule has 0 bridgehead atoms. The molecule has 0 aromatic heterocycles. The maximum atomic E-state index is 10.6. The molecule has 1 aliphatic rings. The van der Waals surface area contributed by atoms with Crippen LogP contribution in [-0.4, -0.2) is 47.8 Å². The van der Waals surface area contributed by atoms with Gasteiger partial charge in [0.05, 0.1) is 0 Å². The zero-order valence-corrected chi connectivity index (χ0v) is 23.3. The number of carbonyl (C=O) groups is 1. The Kier molecular flexibility index (Phi) is 12.2. The van der Waals surface area contributed by atoms with Crippen LogP contribution in [0.1, 0.15) is 43.4 Å². The summed E-state index contributed by atoms with van der Waals surface area (Å²) in [6.45, 7) is 10.8. The molecule has 3 N–H and O–H groups in total. The number of piperidine rings is 1. The van der Waals surface area contributed by atoms with Gasteiger partial charge < -0.3 is 15.7 Å². The standard InChI is InChI=1S/C30H39N3.C2HF3O2/c1-24(2)20-31-21-26-11-8-13-27(19-26)30-14-7-6-12-28(30)22-32-29-15-17-33(18-16-29)23-25-9-4-3-5-10-25;3-2(4,5)1(6)7/h3-14,19,24,29,31-32H,15-18,20-23H2,1-2H3;(H,6,7). The summed E-state index contributed by atoms with van der Waals surface area (Å²) in [5.41, 5.74) is 6.81. The van der Waals surface area contributed by atoms with E-state index in [0.717, 1.165) is 26.2 Å². The number of benzene rings is 3. The Morgan fingerprint density at radius 3 is 2.20 bits per heavy atom. The molecule has 0 radical (unpaired) electrons. The minimum atomic E-state index is -5.08. The van der Waals surface area contributed by atoms with Crippen molar-refractivity contribution >= 4 is 5.97 Å². The molecule has 3 aromatic carbocycles. The summed E-state index contributed by atoms with van der Waals surface area (Å²) in [6, 6.07) is 29.3. The second kappa shape index (κ2) is 15.6. The first-order valence-corrected chi connectivity index (χ1v) is 13.8. The predicted octanol–water partition coefficient (Wildman–Crippen LogP) is 6.49. The molecule has 4 rings (SSSR count). The van der Waals surface area contributed by atoms with Crippen LogP contribution in [0.2, 0.25) is 0 Å². The third-order valence-corrected chi connectivity index (χ3v) is 6.80. The third kappa shape index (κ3) is 10.8. The lowest BCUT2D eigenvalue weighted by Gasteiger charge is -2.32. The fourth-order valence-corrected chi connectivity index (χ4v) is 4.70. The van der Waals surface area contributed by atoms with E-state index in [-0.39, 0.29) is 0 Å². The molecule has 0 amide bonds. The topological polar surface area (TPSA) is 64.6 Å². The highest BCUT2D eigenvalue weighted by Crippen LogP contribution is 2.25. The van der Waals surface area contributed by atoms with E-state index in [1.54, 1.807) is 0 Å². The van der Waals surface area contributed by atoms with Crippen LogP contribution < -0.4 is 10.6 Å². The number of alkyl halides is 3. The van der Waals surface area contributed by atoms with Crippen LogP contribution in [0.4, 0.5) is 13.2 Å². The Balaban J connectivity index is 0.000000559. The van der Waals surface area contributed by atoms with Crippen LogP contribution >= 0.6 is 0 Å². The van der Waals surface area contributed by atoms with Crippen molar-refractivity contribution in [2.45, 2.75) is 58.5 Å². The van der Waals surface area contributed by atoms with Gasteiger partial charge in [0.1, 0.15) is 0 Å². The van der Waals surface area contributed by atoms with Gasteiger partial charge >= 0.3 is 12.1 Å². The fourth-order valence-electron chi connectivity index (χ4n) is 4.70. The molecule has 0 spiro atoms. The number of rotatable bonds is 10. The van der Waals surface area contributed by atoms with Crippen LogP contribution in [0.5, 0.6) is 0 Å². The van der Waals surface area contributed by atoms with Gasteiger partial charge in [-0.25, -0.2) is 4.79 Å². The van der Waals surface area contributed by atoms with E-state index >= 15 is 0 Å². The summed E-state index contributed by atoms with van der Waals surface area (Å²) < 4.78 is 31.7. The normalized spacial score (nSPS) is 14.6. The number of carboxylic acid groups (broad SMARTS) is 1. The van der Waals surface area contributed by atoms with Gasteiger partial charge in [-0.15, -0.1) is 0 Å². The first-order chi connectivity index (χ1) is 19.1. The Morgan fingerprint density at radius 1 is 0.925 bits per heavy atom. The van der Waals surface area contributed by atoms with Gasteiger partial charge in [0.25, 0.3) is 0 Å². The summed E-state index contributed by atoms with van der Waals surface area (Å²) in [6.07, 6.45) is -2.65. The van der Waals surface area contributed by atoms with Gasteiger partial charge in [-0.05, 0) is 72.3 Å². The zero-order valence-electron chi connectivity index (χ0n) is 23.3. The molecule has 0 unspecified atom stereocenters. The summed E-state index contributed by atoms with van der Waals surface area (Å²) in [4.78, 5) is 11.5. The van der Waals surface area contributed by atoms with Crippen molar-refractivity contribution in [1.29, 1.82) is 0 Å². The Bertz CT molecular complexity index is 1180. The molecule has 1 saturated heterocycles. The van der Waals surface area contributed by atoms with Crippen molar-refractivity contribution in [3.8, 4) is 11.1 Å². The molecule has 5 nitrogen and oxygen atoms in total. The number of hydrogen-bond acceptors (Lipinski definition) is 4. The number of carboxylic acids is 1. The molecule has 8 heteroatoms. The molecule has 3 aromatic rings. The van der Waals surface area contributed by atoms with E-state index in [4.69, 9.17) is 9.90 Å². The van der Waals surface area contributed by atoms with E-state index in [1.165, 1.54) is 53.7 Å². The number of halogens is 3. The lowest BCUT2D eigenvalue weighted by atomic mass is 9.97. The number of aliphatic carboxylic acids is 1. The van der Waals surface area contributed by atoms with Crippen LogP contribution in [0.3, 0.4) is 0 Å². The van der Waals surface area contributed by atoms with Gasteiger partial charge in [-0.3, -0.25) is 4.90 Å². The Hall–Kier alpha value is -3.20. The first-order valence-electron chi connectivity index (χ1n) is 13.8. The molecule has 216 valence electrons. The third-order valence-electron chi connectivity index (χ3n) is 6.80. The summed E-state index contributed by atoms with van der Waals surface area (Å²) in [5, 5.41) is 14.5. The van der Waals surface area contributed by atoms with Gasteiger partial charge in [0, 0.05) is 25.7 Å². The highest BCUT2D eigenvalue weighted by Gasteiger charge is 2.38. The van der Waals surface area contributed by atoms with Crippen LogP contribution in [0, 0.1) is 5.92 Å². The lowest BCUT2D eigenvalue weighted by molar-refractivity contribution is -0.192. The number of nitrogens with zero attached hydrogens (tertiary/aromatic N) is 1. The van der Waals surface area contributed by atoms with E-state index in [0.29, 0.717) is 12.0 Å². The van der Waals surface area contributed by atoms with Crippen LogP contribution in [0.25, 0.3) is 11.1 Å². The van der Waals surface area contributed by atoms with Crippen molar-refractivity contribution in [1.82, 2.24) is 15.5 Å². The van der Waals surface area contributed by atoms with Gasteiger partial charge in [-0.1, -0.05) is 86.6 Å². The highest BCUT2D eigenvalue weighted by atomic mass is 19.4. The van der Waals surface area contributed by atoms with E-state index in [9.17, 15) is 13.2 Å². The summed E-state index contributed by atoms with van der Waals surface area (Å²) in [5.74, 6) is -2.09. The smallest absolute Gasteiger partial charge is 0.475 e. The highest BCUT2D eigenvalue weighted by molar-refractivity contribution is 5.73. The van der Waals surface area contributed by atoms with Crippen molar-refractivity contribution in [3.05, 3.63) is 95.6 Å². The molecule has 1 aliphatic heterocycles. The van der Waals surface area contributed by atoms with Crippen LogP contribution in [-0.2, 0) is 24.4 Å². The van der Waals surface area contributed by atoms with Gasteiger partial charge in [-0.2, -0.15) is 13.2 Å². The second-order valence-corrected chi connectivity index (χ2v) is 10.6. The second-order valence-electron chi connectivity index (χ2n) is 10.6. The summed E-state index contributed by atoms with van der Waals surface area (Å²) >= 11 is 0. The largest absolute Gasteiger partial charge is 0.490 e. The molecular formula is C32H40F3N3O2. The van der Waals surface area contributed by atoms with Crippen molar-refractivity contribution in [2.75, 3.05) is 19.6 Å². The first kappa shape index (κ1) is 31.3. The monoisotopic (exact) mass is 555 g/mol. The van der Waals surface area contributed by atoms with Gasteiger partial charge in [0.15, 0.2) is 0 Å². The summed E-state index contributed by atoms with van der Waals surface area (Å²) in [7, 11) is 0. The molecule has 40 heavy (non-hydrogen) atoms. The Morgan fingerprint density at radius 2 is 1.55 bits per heavy atom. The molecule has 1 heterocycles. The number of likely N-dealkylation sites (tertiary alicyclic amines) is 1. The maximum absolute atomic E-state index is 10.6. The van der Waals surface area contributed by atoms with E-state index in [1.807, 2.05) is 0 Å². The SMILES string of the molecule is CC(C)CNCc1cccc(-c2ccccc2CNC2CCN(Cc3ccccc3)CC2)c1.O=C(O)C(F)(F)F. The number of nitrogens with one attached hydrogen (secondary N) is 2. The fraction of sp³-hybridized carbons (Fsp3) is 0.406. The number of hydrogen-bond donors (Lipinski definition) is 3. The molecule has 1 fully saturated rings. The zero-order chi connectivity index (χ0) is 29.0. The molecule has 0 aliphatic carbocycles. The molecule has 0 atom stereocenters. The van der Waals surface area contributed by atoms with E-state index in [2.05, 4.69) is 108 Å². The minimum Gasteiger partial charge on any atom is -0.475 e. The Labute approximate surface area is 235 Å².